The summed E-state index contributed by atoms with van der Waals surface area (Å²) in [7, 11) is 0. The maximum atomic E-state index is 12.1. The fourth-order valence-electron chi connectivity index (χ4n) is 3.33. The molecule has 0 bridgehead atoms. The van der Waals surface area contributed by atoms with E-state index in [0.29, 0.717) is 36.3 Å². The van der Waals surface area contributed by atoms with Crippen molar-refractivity contribution < 1.29 is 14.3 Å². The number of rotatable bonds is 16. The summed E-state index contributed by atoms with van der Waals surface area (Å²) in [6, 6.07) is 7.33. The fraction of sp³-hybridized carbons (Fsp3) is 0.593. The molecule has 5 heteroatoms. The minimum atomic E-state index is -0.167. The molecule has 1 heterocycles. The lowest BCUT2D eigenvalue weighted by atomic mass is 10.1. The average molecular weight is 441 g/mol. The van der Waals surface area contributed by atoms with Crippen LogP contribution in [0.15, 0.2) is 36.7 Å². The predicted molar refractivity (Wildman–Crippen MR) is 130 cm³/mol. The normalized spacial score (nSPS) is 11.8. The number of unbranched alkanes of at least 4 members (excludes halogenated alkanes) is 8. The molecule has 0 fully saturated rings. The van der Waals surface area contributed by atoms with E-state index in [1.807, 2.05) is 12.1 Å². The van der Waals surface area contributed by atoms with Gasteiger partial charge in [-0.05, 0) is 36.6 Å². The van der Waals surface area contributed by atoms with Crippen LogP contribution in [0.25, 0.3) is 11.4 Å². The zero-order chi connectivity index (χ0) is 23.0. The largest absolute Gasteiger partial charge is 0.490 e. The molecule has 32 heavy (non-hydrogen) atoms. The first-order valence-corrected chi connectivity index (χ1v) is 12.4. The van der Waals surface area contributed by atoms with Gasteiger partial charge < -0.3 is 9.47 Å². The third kappa shape index (κ3) is 10.3. The molecular weight excluding hydrogens is 400 g/mol. The summed E-state index contributed by atoms with van der Waals surface area (Å²) >= 11 is 0. The third-order valence-electron chi connectivity index (χ3n) is 5.69. The Balaban J connectivity index is 1.67. The van der Waals surface area contributed by atoms with Gasteiger partial charge in [-0.2, -0.15) is 0 Å². The van der Waals surface area contributed by atoms with Crippen molar-refractivity contribution in [2.45, 2.75) is 91.4 Å². The van der Waals surface area contributed by atoms with Crippen molar-refractivity contribution in [1.82, 2.24) is 9.97 Å². The maximum absolute atomic E-state index is 12.1. The molecule has 176 valence electrons. The minimum Gasteiger partial charge on any atom is -0.490 e. The van der Waals surface area contributed by atoms with E-state index < -0.39 is 0 Å². The van der Waals surface area contributed by atoms with Crippen LogP contribution in [-0.2, 0) is 4.79 Å². The number of nitrogens with zero attached hydrogens (tertiary/aromatic N) is 2. The molecule has 2 rings (SSSR count). The summed E-state index contributed by atoms with van der Waals surface area (Å²) in [5.74, 6) is 2.19. The van der Waals surface area contributed by atoms with Crippen LogP contribution >= 0.6 is 0 Å². The second-order valence-electron chi connectivity index (χ2n) is 8.64. The molecule has 0 amide bonds. The van der Waals surface area contributed by atoms with Crippen LogP contribution in [-0.4, -0.2) is 22.5 Å². The number of esters is 1. The van der Waals surface area contributed by atoms with Crippen molar-refractivity contribution in [2.75, 3.05) is 6.61 Å². The Morgan fingerprint density at radius 3 is 2.03 bits per heavy atom. The lowest BCUT2D eigenvalue weighted by Gasteiger charge is -2.10. The molecule has 2 aromatic rings. The Labute approximate surface area is 194 Å². The Hall–Kier alpha value is -2.43. The van der Waals surface area contributed by atoms with Crippen molar-refractivity contribution in [3.05, 3.63) is 36.7 Å². The smallest absolute Gasteiger partial charge is 0.311 e. The number of carbonyl (C=O) groups excluding carboxylic acids is 1. The lowest BCUT2D eigenvalue weighted by molar-refractivity contribution is -0.134. The van der Waals surface area contributed by atoms with Crippen LogP contribution in [0.4, 0.5) is 0 Å². The molecule has 0 N–H and O–H groups in total. The van der Waals surface area contributed by atoms with Crippen LogP contribution < -0.4 is 9.47 Å². The van der Waals surface area contributed by atoms with Gasteiger partial charge in [-0.25, -0.2) is 9.97 Å². The zero-order valence-corrected chi connectivity index (χ0v) is 20.1. The first-order valence-electron chi connectivity index (χ1n) is 12.4. The molecule has 1 atom stereocenters. The highest BCUT2D eigenvalue weighted by Crippen LogP contribution is 2.21. The fourth-order valence-corrected chi connectivity index (χ4v) is 3.33. The second-order valence-corrected chi connectivity index (χ2v) is 8.64. The predicted octanol–water partition coefficient (Wildman–Crippen LogP) is 7.39. The minimum absolute atomic E-state index is 0.167. The quantitative estimate of drug-likeness (QED) is 0.155. The van der Waals surface area contributed by atoms with Crippen LogP contribution in [0.3, 0.4) is 0 Å². The Bertz CT molecular complexity index is 759. The standard InChI is InChI=1S/C27H40N2O3/c1-4-6-7-8-9-10-11-12-13-14-26(30)32-24-17-15-23(16-18-24)27-28-19-25(20-29-27)31-21-22(3)5-2/h15-20,22H,4-14,21H2,1-3H3. The highest BCUT2D eigenvalue weighted by Gasteiger charge is 2.07. The number of carbonyl (C=O) groups is 1. The highest BCUT2D eigenvalue weighted by molar-refractivity contribution is 5.72. The molecule has 1 aromatic heterocycles. The van der Waals surface area contributed by atoms with Crippen molar-refractivity contribution in [2.24, 2.45) is 5.92 Å². The van der Waals surface area contributed by atoms with Crippen LogP contribution in [0.2, 0.25) is 0 Å². The molecule has 0 saturated heterocycles. The van der Waals surface area contributed by atoms with E-state index in [0.717, 1.165) is 24.8 Å². The summed E-state index contributed by atoms with van der Waals surface area (Å²) in [4.78, 5) is 20.9. The summed E-state index contributed by atoms with van der Waals surface area (Å²) in [5.41, 5.74) is 0.872. The monoisotopic (exact) mass is 440 g/mol. The molecular formula is C27H40N2O3. The summed E-state index contributed by atoms with van der Waals surface area (Å²) < 4.78 is 11.2. The molecule has 5 nitrogen and oxygen atoms in total. The Kier molecular flexibility index (Phi) is 12.4. The van der Waals surface area contributed by atoms with Gasteiger partial charge in [0.25, 0.3) is 0 Å². The van der Waals surface area contributed by atoms with E-state index in [2.05, 4.69) is 30.7 Å². The van der Waals surface area contributed by atoms with Gasteiger partial charge in [-0.3, -0.25) is 4.79 Å². The molecule has 0 spiro atoms. The van der Waals surface area contributed by atoms with Gasteiger partial charge in [0.2, 0.25) is 0 Å². The van der Waals surface area contributed by atoms with Gasteiger partial charge in [0.15, 0.2) is 11.6 Å². The highest BCUT2D eigenvalue weighted by atomic mass is 16.5. The number of benzene rings is 1. The van der Waals surface area contributed by atoms with Crippen molar-refractivity contribution in [1.29, 1.82) is 0 Å². The van der Waals surface area contributed by atoms with E-state index in [-0.39, 0.29) is 5.97 Å². The molecule has 0 saturated carbocycles. The van der Waals surface area contributed by atoms with Gasteiger partial charge >= 0.3 is 5.97 Å². The summed E-state index contributed by atoms with van der Waals surface area (Å²) in [6.45, 7) is 7.20. The zero-order valence-electron chi connectivity index (χ0n) is 20.1. The number of hydrogen-bond acceptors (Lipinski definition) is 5. The van der Waals surface area contributed by atoms with Gasteiger partial charge in [0.05, 0.1) is 19.0 Å². The second kappa shape index (κ2) is 15.4. The van der Waals surface area contributed by atoms with Gasteiger partial charge in [-0.15, -0.1) is 0 Å². The van der Waals surface area contributed by atoms with E-state index in [4.69, 9.17) is 9.47 Å². The molecule has 1 unspecified atom stereocenters. The van der Waals surface area contributed by atoms with Crippen molar-refractivity contribution in [3.63, 3.8) is 0 Å². The summed E-state index contributed by atoms with van der Waals surface area (Å²) in [5, 5.41) is 0. The number of aromatic nitrogens is 2. The maximum Gasteiger partial charge on any atom is 0.311 e. The summed E-state index contributed by atoms with van der Waals surface area (Å²) in [6.07, 6.45) is 16.1. The van der Waals surface area contributed by atoms with E-state index in [9.17, 15) is 4.79 Å². The molecule has 0 aliphatic heterocycles. The molecule has 0 aliphatic rings. The van der Waals surface area contributed by atoms with Gasteiger partial charge in [0, 0.05) is 12.0 Å². The van der Waals surface area contributed by atoms with E-state index >= 15 is 0 Å². The first kappa shape index (κ1) is 25.8. The van der Waals surface area contributed by atoms with Gasteiger partial charge in [0.1, 0.15) is 5.75 Å². The average Bonchev–Trinajstić information content (AvgIpc) is 2.82. The van der Waals surface area contributed by atoms with E-state index in [1.54, 1.807) is 24.5 Å². The third-order valence-corrected chi connectivity index (χ3v) is 5.69. The SMILES string of the molecule is CCCCCCCCCCCC(=O)Oc1ccc(-c2ncc(OCC(C)CC)cn2)cc1. The van der Waals surface area contributed by atoms with Crippen molar-refractivity contribution >= 4 is 5.97 Å². The topological polar surface area (TPSA) is 61.3 Å². The molecule has 0 radical (unpaired) electrons. The lowest BCUT2D eigenvalue weighted by Crippen LogP contribution is -2.08. The van der Waals surface area contributed by atoms with Crippen LogP contribution in [0.1, 0.15) is 91.4 Å². The van der Waals surface area contributed by atoms with Gasteiger partial charge in [-0.1, -0.05) is 78.6 Å². The van der Waals surface area contributed by atoms with E-state index in [1.165, 1.54) is 44.9 Å². The molecule has 1 aromatic carbocycles. The van der Waals surface area contributed by atoms with Crippen LogP contribution in [0, 0.1) is 5.92 Å². The van der Waals surface area contributed by atoms with Crippen molar-refractivity contribution in [3.8, 4) is 22.9 Å². The Morgan fingerprint density at radius 1 is 0.844 bits per heavy atom. The number of ether oxygens (including phenoxy) is 2. The van der Waals surface area contributed by atoms with Crippen LogP contribution in [0.5, 0.6) is 11.5 Å². The first-order chi connectivity index (χ1) is 15.6. The Morgan fingerprint density at radius 2 is 1.44 bits per heavy atom. The molecule has 0 aliphatic carbocycles. The number of hydrogen-bond donors (Lipinski definition) is 0.